The van der Waals surface area contributed by atoms with E-state index < -0.39 is 0 Å². The first-order valence-electron chi connectivity index (χ1n) is 10.9. The molecule has 1 N–H and O–H groups in total. The Balaban J connectivity index is 1.57. The van der Waals surface area contributed by atoms with Gasteiger partial charge in [0.05, 0.1) is 20.1 Å². The summed E-state index contributed by atoms with van der Waals surface area (Å²) < 4.78 is 13.0. The average molecular weight is 438 g/mol. The fourth-order valence-corrected chi connectivity index (χ4v) is 3.61. The molecule has 7 nitrogen and oxygen atoms in total. The van der Waals surface area contributed by atoms with Gasteiger partial charge in [0.25, 0.3) is 0 Å². The SMILES string of the molecule is CCN(CC)C(=O)Cn1ccc2cc(NC(=O)CCOc3ccc(C)cc3OC)ccc21. The number of likely N-dealkylation sites (N-methyl/N-ethyl adjacent to an activating group) is 1. The number of amides is 2. The highest BCUT2D eigenvalue weighted by Gasteiger charge is 2.12. The number of methoxy groups -OCH3 is 1. The van der Waals surface area contributed by atoms with Gasteiger partial charge in [-0.05, 0) is 62.7 Å². The van der Waals surface area contributed by atoms with E-state index in [0.29, 0.717) is 36.8 Å². The molecule has 3 rings (SSSR count). The molecule has 2 aromatic carbocycles. The number of aryl methyl sites for hydroxylation is 1. The third-order valence-electron chi connectivity index (χ3n) is 5.38. The van der Waals surface area contributed by atoms with Crippen LogP contribution < -0.4 is 14.8 Å². The molecule has 32 heavy (non-hydrogen) atoms. The number of benzene rings is 2. The first kappa shape index (κ1) is 23.2. The number of carbonyl (C=O) groups excluding carboxylic acids is 2. The molecule has 0 spiro atoms. The van der Waals surface area contributed by atoms with Crippen molar-refractivity contribution in [2.45, 2.75) is 33.7 Å². The molecule has 0 fully saturated rings. The number of anilines is 1. The van der Waals surface area contributed by atoms with Crippen LogP contribution in [-0.4, -0.2) is 48.1 Å². The van der Waals surface area contributed by atoms with Gasteiger partial charge in [-0.2, -0.15) is 0 Å². The van der Waals surface area contributed by atoms with Gasteiger partial charge in [-0.15, -0.1) is 0 Å². The van der Waals surface area contributed by atoms with E-state index in [1.807, 2.05) is 78.9 Å². The van der Waals surface area contributed by atoms with Gasteiger partial charge in [0.1, 0.15) is 6.54 Å². The number of rotatable bonds is 10. The molecular weight excluding hydrogens is 406 g/mol. The molecule has 170 valence electrons. The minimum atomic E-state index is -0.133. The molecule has 0 aliphatic heterocycles. The molecule has 0 aliphatic carbocycles. The number of nitrogens with zero attached hydrogens (tertiary/aromatic N) is 2. The van der Waals surface area contributed by atoms with Gasteiger partial charge in [0, 0.05) is 35.9 Å². The summed E-state index contributed by atoms with van der Waals surface area (Å²) in [6.07, 6.45) is 2.12. The monoisotopic (exact) mass is 437 g/mol. The maximum absolute atomic E-state index is 12.4. The van der Waals surface area contributed by atoms with Crippen LogP contribution in [0.15, 0.2) is 48.7 Å². The Labute approximate surface area is 188 Å². The third kappa shape index (κ3) is 5.60. The molecule has 1 heterocycles. The Bertz CT molecular complexity index is 1090. The van der Waals surface area contributed by atoms with Gasteiger partial charge in [-0.1, -0.05) is 6.07 Å². The molecule has 3 aromatic rings. The highest BCUT2D eigenvalue weighted by atomic mass is 16.5. The molecule has 2 amide bonds. The van der Waals surface area contributed by atoms with Gasteiger partial charge in [-0.25, -0.2) is 0 Å². The quantitative estimate of drug-likeness (QED) is 0.515. The summed E-state index contributed by atoms with van der Waals surface area (Å²) in [5, 5.41) is 3.88. The lowest BCUT2D eigenvalue weighted by molar-refractivity contribution is -0.131. The van der Waals surface area contributed by atoms with Gasteiger partial charge < -0.3 is 24.3 Å². The molecule has 7 heteroatoms. The van der Waals surface area contributed by atoms with Crippen molar-refractivity contribution < 1.29 is 19.1 Å². The number of aromatic nitrogens is 1. The van der Waals surface area contributed by atoms with Crippen LogP contribution in [0.25, 0.3) is 10.9 Å². The van der Waals surface area contributed by atoms with E-state index in [9.17, 15) is 9.59 Å². The normalized spacial score (nSPS) is 10.8. The Kier molecular flexibility index (Phi) is 7.76. The minimum absolute atomic E-state index is 0.0927. The van der Waals surface area contributed by atoms with E-state index in [1.54, 1.807) is 7.11 Å². The van der Waals surface area contributed by atoms with E-state index in [1.165, 1.54) is 0 Å². The third-order valence-corrected chi connectivity index (χ3v) is 5.38. The van der Waals surface area contributed by atoms with E-state index in [2.05, 4.69) is 5.32 Å². The lowest BCUT2D eigenvalue weighted by atomic mass is 10.2. The second-order valence-corrected chi connectivity index (χ2v) is 7.58. The molecular formula is C25H31N3O4. The highest BCUT2D eigenvalue weighted by Crippen LogP contribution is 2.28. The standard InChI is InChI=1S/C25H31N3O4/c1-5-27(6-2)25(30)17-28-13-11-19-16-20(8-9-21(19)28)26-24(29)12-14-32-22-10-7-18(3)15-23(22)31-4/h7-11,13,15-16H,5-6,12,14,17H2,1-4H3,(H,26,29). The highest BCUT2D eigenvalue weighted by molar-refractivity contribution is 5.94. The number of nitrogens with one attached hydrogen (secondary N) is 1. The van der Waals surface area contributed by atoms with Crippen LogP contribution in [0.3, 0.4) is 0 Å². The van der Waals surface area contributed by atoms with Crippen molar-refractivity contribution in [1.29, 1.82) is 0 Å². The van der Waals surface area contributed by atoms with E-state index in [4.69, 9.17) is 9.47 Å². The Morgan fingerprint density at radius 3 is 2.53 bits per heavy atom. The smallest absolute Gasteiger partial charge is 0.242 e. The zero-order valence-electron chi connectivity index (χ0n) is 19.2. The molecule has 0 unspecified atom stereocenters. The number of ether oxygens (including phenoxy) is 2. The largest absolute Gasteiger partial charge is 0.493 e. The van der Waals surface area contributed by atoms with Crippen LogP contribution in [0.2, 0.25) is 0 Å². The summed E-state index contributed by atoms with van der Waals surface area (Å²) in [5.41, 5.74) is 2.75. The number of hydrogen-bond acceptors (Lipinski definition) is 4. The van der Waals surface area contributed by atoms with Crippen molar-refractivity contribution in [3.05, 3.63) is 54.2 Å². The predicted octanol–water partition coefficient (Wildman–Crippen LogP) is 4.23. The van der Waals surface area contributed by atoms with Gasteiger partial charge in [0.15, 0.2) is 11.5 Å². The summed E-state index contributed by atoms with van der Waals surface area (Å²) in [5.74, 6) is 1.23. The minimum Gasteiger partial charge on any atom is -0.493 e. The molecule has 1 aromatic heterocycles. The van der Waals surface area contributed by atoms with E-state index in [0.717, 1.165) is 16.5 Å². The first-order valence-corrected chi connectivity index (χ1v) is 10.9. The van der Waals surface area contributed by atoms with Gasteiger partial charge >= 0.3 is 0 Å². The molecule has 0 bridgehead atoms. The van der Waals surface area contributed by atoms with Crippen molar-refractivity contribution in [3.63, 3.8) is 0 Å². The fraction of sp³-hybridized carbons (Fsp3) is 0.360. The molecule has 0 aliphatic rings. The Morgan fingerprint density at radius 1 is 1.03 bits per heavy atom. The van der Waals surface area contributed by atoms with Crippen LogP contribution in [0.1, 0.15) is 25.8 Å². The summed E-state index contributed by atoms with van der Waals surface area (Å²) in [4.78, 5) is 26.6. The van der Waals surface area contributed by atoms with Crippen LogP contribution in [0.5, 0.6) is 11.5 Å². The lowest BCUT2D eigenvalue weighted by Crippen LogP contribution is -2.33. The van der Waals surface area contributed by atoms with Crippen LogP contribution in [0.4, 0.5) is 5.69 Å². The molecule has 0 saturated heterocycles. The molecule has 0 atom stereocenters. The zero-order chi connectivity index (χ0) is 23.1. The molecule has 0 saturated carbocycles. The summed E-state index contributed by atoms with van der Waals surface area (Å²) in [6, 6.07) is 13.3. The van der Waals surface area contributed by atoms with E-state index >= 15 is 0 Å². The van der Waals surface area contributed by atoms with Crippen LogP contribution in [0, 0.1) is 6.92 Å². The zero-order valence-corrected chi connectivity index (χ0v) is 19.2. The van der Waals surface area contributed by atoms with Crippen LogP contribution in [-0.2, 0) is 16.1 Å². The Morgan fingerprint density at radius 2 is 1.81 bits per heavy atom. The van der Waals surface area contributed by atoms with Crippen molar-refractivity contribution in [2.75, 3.05) is 32.1 Å². The fourth-order valence-electron chi connectivity index (χ4n) is 3.61. The maximum Gasteiger partial charge on any atom is 0.242 e. The predicted molar refractivity (Wildman–Crippen MR) is 126 cm³/mol. The van der Waals surface area contributed by atoms with Gasteiger partial charge in [-0.3, -0.25) is 9.59 Å². The topological polar surface area (TPSA) is 72.8 Å². The lowest BCUT2D eigenvalue weighted by Gasteiger charge is -2.19. The van der Waals surface area contributed by atoms with Crippen molar-refractivity contribution in [2.24, 2.45) is 0 Å². The van der Waals surface area contributed by atoms with Crippen LogP contribution >= 0.6 is 0 Å². The summed E-state index contributed by atoms with van der Waals surface area (Å²) in [7, 11) is 1.59. The van der Waals surface area contributed by atoms with Crippen molar-refractivity contribution in [1.82, 2.24) is 9.47 Å². The first-order chi connectivity index (χ1) is 15.4. The number of carbonyl (C=O) groups is 2. The van der Waals surface area contributed by atoms with Gasteiger partial charge in [0.2, 0.25) is 11.8 Å². The number of fused-ring (bicyclic) bond motifs is 1. The second kappa shape index (κ2) is 10.7. The summed E-state index contributed by atoms with van der Waals surface area (Å²) in [6.45, 7) is 7.89. The van der Waals surface area contributed by atoms with Crippen molar-refractivity contribution >= 4 is 28.4 Å². The number of hydrogen-bond donors (Lipinski definition) is 1. The van der Waals surface area contributed by atoms with Crippen molar-refractivity contribution in [3.8, 4) is 11.5 Å². The average Bonchev–Trinajstić information content (AvgIpc) is 3.17. The summed E-state index contributed by atoms with van der Waals surface area (Å²) >= 11 is 0. The Hall–Kier alpha value is -3.48. The molecule has 0 radical (unpaired) electrons. The maximum atomic E-state index is 12.4. The second-order valence-electron chi connectivity index (χ2n) is 7.58. The van der Waals surface area contributed by atoms with E-state index in [-0.39, 0.29) is 24.8 Å².